The van der Waals surface area contributed by atoms with Crippen LogP contribution in [-0.2, 0) is 15.0 Å². The molecule has 2 aromatic rings. The number of carbonyl (C=O) groups excluding carboxylic acids is 2. The first-order valence-electron chi connectivity index (χ1n) is 10.4. The van der Waals surface area contributed by atoms with Crippen LogP contribution in [0.5, 0.6) is 0 Å². The van der Waals surface area contributed by atoms with Gasteiger partial charge in [0.05, 0.1) is 6.04 Å². The molecule has 30 heavy (non-hydrogen) atoms. The van der Waals surface area contributed by atoms with Gasteiger partial charge in [-0.2, -0.15) is 0 Å². The van der Waals surface area contributed by atoms with Gasteiger partial charge in [-0.05, 0) is 35.6 Å². The van der Waals surface area contributed by atoms with Crippen molar-refractivity contribution in [1.82, 2.24) is 10.2 Å². The van der Waals surface area contributed by atoms with Crippen molar-refractivity contribution < 1.29 is 9.59 Å². The predicted molar refractivity (Wildman–Crippen MR) is 120 cm³/mol. The molecule has 0 radical (unpaired) electrons. The van der Waals surface area contributed by atoms with Crippen molar-refractivity contribution >= 4 is 29.1 Å². The Bertz CT molecular complexity index is 976. The lowest BCUT2D eigenvalue weighted by Crippen LogP contribution is -2.48. The molecule has 0 aliphatic carbocycles. The smallest absolute Gasteiger partial charge is 0.239 e. The van der Waals surface area contributed by atoms with Crippen molar-refractivity contribution in [3.8, 4) is 0 Å². The van der Waals surface area contributed by atoms with Crippen LogP contribution in [0.25, 0.3) is 0 Å². The fourth-order valence-electron chi connectivity index (χ4n) is 5.24. The predicted octanol–water partition coefficient (Wildman–Crippen LogP) is 3.79. The van der Waals surface area contributed by atoms with Crippen molar-refractivity contribution in [3.63, 3.8) is 0 Å². The molecule has 2 heterocycles. The Morgan fingerprint density at radius 1 is 1.17 bits per heavy atom. The third kappa shape index (κ3) is 3.12. The van der Waals surface area contributed by atoms with Gasteiger partial charge in [0.25, 0.3) is 0 Å². The molecular weight excluding hydrogens is 398 g/mol. The maximum absolute atomic E-state index is 13.8. The fourth-order valence-corrected chi connectivity index (χ4v) is 5.41. The van der Waals surface area contributed by atoms with Gasteiger partial charge in [0.2, 0.25) is 11.8 Å². The Morgan fingerprint density at radius 2 is 1.87 bits per heavy atom. The SMILES string of the molecule is CC(C)C[C@@H]1N[C@H](C(=O)N(C)C)[C@@H](c2ccccc2)[C@]12C(=O)Nc1cc(Cl)ccc12. The summed E-state index contributed by atoms with van der Waals surface area (Å²) in [4.78, 5) is 28.7. The lowest BCUT2D eigenvalue weighted by atomic mass is 9.63. The second-order valence-electron chi connectivity index (χ2n) is 8.96. The highest BCUT2D eigenvalue weighted by Crippen LogP contribution is 2.56. The zero-order valence-electron chi connectivity index (χ0n) is 17.8. The number of carbonyl (C=O) groups is 2. The number of halogens is 1. The molecule has 6 heteroatoms. The van der Waals surface area contributed by atoms with E-state index >= 15 is 0 Å². The average molecular weight is 426 g/mol. The van der Waals surface area contributed by atoms with E-state index in [0.717, 1.165) is 23.2 Å². The third-order valence-corrected chi connectivity index (χ3v) is 6.61. The van der Waals surface area contributed by atoms with Crippen molar-refractivity contribution in [2.75, 3.05) is 19.4 Å². The number of nitrogens with one attached hydrogen (secondary N) is 2. The van der Waals surface area contributed by atoms with Gasteiger partial charge >= 0.3 is 0 Å². The summed E-state index contributed by atoms with van der Waals surface area (Å²) in [6.07, 6.45) is 0.774. The molecule has 5 nitrogen and oxygen atoms in total. The van der Waals surface area contributed by atoms with Gasteiger partial charge in [-0.3, -0.25) is 9.59 Å². The van der Waals surface area contributed by atoms with E-state index in [2.05, 4.69) is 24.5 Å². The number of hydrogen-bond donors (Lipinski definition) is 2. The van der Waals surface area contributed by atoms with Crippen LogP contribution in [0.4, 0.5) is 5.69 Å². The lowest BCUT2D eigenvalue weighted by molar-refractivity contribution is -0.131. The van der Waals surface area contributed by atoms with Gasteiger partial charge in [0.1, 0.15) is 5.41 Å². The van der Waals surface area contributed by atoms with Gasteiger partial charge < -0.3 is 15.5 Å². The fraction of sp³-hybridized carbons (Fsp3) is 0.417. The first-order valence-corrected chi connectivity index (χ1v) is 10.8. The summed E-state index contributed by atoms with van der Waals surface area (Å²) in [6.45, 7) is 4.28. The van der Waals surface area contributed by atoms with Crippen LogP contribution < -0.4 is 10.6 Å². The van der Waals surface area contributed by atoms with E-state index in [0.29, 0.717) is 10.9 Å². The van der Waals surface area contributed by atoms with Crippen LogP contribution in [0.15, 0.2) is 48.5 Å². The summed E-state index contributed by atoms with van der Waals surface area (Å²) in [6, 6.07) is 14.8. The van der Waals surface area contributed by atoms with Crippen LogP contribution in [0.1, 0.15) is 37.3 Å². The molecule has 2 aromatic carbocycles. The highest BCUT2D eigenvalue weighted by Gasteiger charge is 2.65. The molecule has 1 saturated heterocycles. The quantitative estimate of drug-likeness (QED) is 0.783. The molecule has 2 amide bonds. The first kappa shape index (κ1) is 20.9. The molecule has 0 bridgehead atoms. The van der Waals surface area contributed by atoms with Crippen LogP contribution in [0.3, 0.4) is 0 Å². The Hall–Kier alpha value is -2.37. The topological polar surface area (TPSA) is 61.4 Å². The molecule has 2 aliphatic heterocycles. The summed E-state index contributed by atoms with van der Waals surface area (Å²) in [5.41, 5.74) is 1.75. The minimum atomic E-state index is -0.887. The van der Waals surface area contributed by atoms with Crippen molar-refractivity contribution in [2.45, 2.75) is 43.7 Å². The van der Waals surface area contributed by atoms with Crippen molar-refractivity contribution in [3.05, 3.63) is 64.7 Å². The number of fused-ring (bicyclic) bond motifs is 2. The zero-order chi connectivity index (χ0) is 21.6. The monoisotopic (exact) mass is 425 g/mol. The van der Waals surface area contributed by atoms with E-state index in [1.165, 1.54) is 0 Å². The number of rotatable bonds is 4. The van der Waals surface area contributed by atoms with E-state index in [-0.39, 0.29) is 23.8 Å². The molecule has 4 rings (SSSR count). The molecule has 158 valence electrons. The molecule has 1 spiro atoms. The molecule has 4 atom stereocenters. The molecule has 0 saturated carbocycles. The van der Waals surface area contributed by atoms with Gasteiger partial charge in [-0.25, -0.2) is 0 Å². The lowest BCUT2D eigenvalue weighted by Gasteiger charge is -2.36. The largest absolute Gasteiger partial charge is 0.347 e. The Kier molecular flexibility index (Phi) is 5.37. The summed E-state index contributed by atoms with van der Waals surface area (Å²) < 4.78 is 0. The van der Waals surface area contributed by atoms with Crippen LogP contribution >= 0.6 is 11.6 Å². The number of benzene rings is 2. The summed E-state index contributed by atoms with van der Waals surface area (Å²) >= 11 is 6.23. The molecule has 2 aliphatic rings. The maximum Gasteiger partial charge on any atom is 0.239 e. The van der Waals surface area contributed by atoms with Gasteiger partial charge in [0.15, 0.2) is 0 Å². The molecule has 0 unspecified atom stereocenters. The summed E-state index contributed by atoms with van der Waals surface area (Å²) in [5.74, 6) is -0.0709. The Morgan fingerprint density at radius 3 is 2.50 bits per heavy atom. The minimum Gasteiger partial charge on any atom is -0.347 e. The summed E-state index contributed by atoms with van der Waals surface area (Å²) in [5, 5.41) is 7.24. The number of likely N-dealkylation sites (N-methyl/N-ethyl adjacent to an activating group) is 1. The highest BCUT2D eigenvalue weighted by molar-refractivity contribution is 6.31. The van der Waals surface area contributed by atoms with Crippen LogP contribution in [-0.4, -0.2) is 42.9 Å². The molecule has 0 aromatic heterocycles. The second-order valence-corrected chi connectivity index (χ2v) is 9.40. The van der Waals surface area contributed by atoms with E-state index in [1.54, 1.807) is 25.1 Å². The van der Waals surface area contributed by atoms with Crippen molar-refractivity contribution in [1.29, 1.82) is 0 Å². The third-order valence-electron chi connectivity index (χ3n) is 6.38. The van der Waals surface area contributed by atoms with E-state index in [1.807, 2.05) is 42.5 Å². The minimum absolute atomic E-state index is 0.0234. The Labute approximate surface area is 182 Å². The number of amides is 2. The first-order chi connectivity index (χ1) is 14.3. The number of anilines is 1. The second kappa shape index (κ2) is 7.71. The van der Waals surface area contributed by atoms with Crippen LogP contribution in [0.2, 0.25) is 5.02 Å². The van der Waals surface area contributed by atoms with Gasteiger partial charge in [-0.15, -0.1) is 0 Å². The molecule has 1 fully saturated rings. The molecule has 2 N–H and O–H groups in total. The standard InChI is InChI=1S/C24H28ClN3O2/c1-14(2)12-19-24(17-11-10-16(25)13-18(17)26-23(24)30)20(15-8-6-5-7-9-15)21(27-19)22(29)28(3)4/h5-11,13-14,19-21,27H,12H2,1-4H3,(H,26,30)/t19-,20+,21-,24+/m0/s1. The van der Waals surface area contributed by atoms with Gasteiger partial charge in [-0.1, -0.05) is 61.8 Å². The van der Waals surface area contributed by atoms with Gasteiger partial charge in [0, 0.05) is 36.8 Å². The Balaban J connectivity index is 1.98. The summed E-state index contributed by atoms with van der Waals surface area (Å²) in [7, 11) is 3.52. The number of nitrogens with zero attached hydrogens (tertiary/aromatic N) is 1. The zero-order valence-corrected chi connectivity index (χ0v) is 18.5. The number of hydrogen-bond acceptors (Lipinski definition) is 3. The van der Waals surface area contributed by atoms with Crippen LogP contribution in [0, 0.1) is 5.92 Å². The average Bonchev–Trinajstić information content (AvgIpc) is 3.17. The normalized spacial score (nSPS) is 27.4. The van der Waals surface area contributed by atoms with E-state index in [9.17, 15) is 9.59 Å². The van der Waals surface area contributed by atoms with Crippen molar-refractivity contribution in [2.24, 2.45) is 5.92 Å². The van der Waals surface area contributed by atoms with E-state index in [4.69, 9.17) is 11.6 Å². The highest BCUT2D eigenvalue weighted by atomic mass is 35.5. The maximum atomic E-state index is 13.8. The molecular formula is C24H28ClN3O2. The van der Waals surface area contributed by atoms with E-state index < -0.39 is 11.5 Å².